The van der Waals surface area contributed by atoms with Crippen molar-refractivity contribution in [3.05, 3.63) is 36.1 Å². The van der Waals surface area contributed by atoms with Crippen molar-refractivity contribution in [2.75, 3.05) is 13.1 Å². The molecule has 86 valence electrons. The predicted octanol–water partition coefficient (Wildman–Crippen LogP) is 2.42. The first kappa shape index (κ1) is 11.2. The summed E-state index contributed by atoms with van der Waals surface area (Å²) in [6.45, 7) is 2.44. The second-order valence-corrected chi connectivity index (χ2v) is 3.62. The molecule has 0 aliphatic carbocycles. The van der Waals surface area contributed by atoms with Crippen LogP contribution in [0.3, 0.4) is 0 Å². The zero-order valence-corrected chi connectivity index (χ0v) is 9.51. The molecular weight excluding hydrogens is 216 g/mol. The molecule has 1 aromatic heterocycles. The van der Waals surface area contributed by atoms with E-state index in [2.05, 4.69) is 0 Å². The number of rotatable bonds is 3. The monoisotopic (exact) mass is 228 g/mol. The van der Waals surface area contributed by atoms with E-state index in [-0.39, 0.29) is 12.5 Å². The standard InChI is InChI=1S/C13H12N2O2/c1-2-15(8-7-14)13(16)11-9-17-12-6-4-3-5-10(11)12/h3-6,9H,2,8H2,1H3. The van der Waals surface area contributed by atoms with Crippen molar-refractivity contribution in [3.8, 4) is 6.07 Å². The van der Waals surface area contributed by atoms with Gasteiger partial charge in [0.25, 0.3) is 5.91 Å². The van der Waals surface area contributed by atoms with Crippen molar-refractivity contribution in [1.29, 1.82) is 5.26 Å². The van der Waals surface area contributed by atoms with Gasteiger partial charge in [0.15, 0.2) is 0 Å². The first-order valence-electron chi connectivity index (χ1n) is 5.40. The number of carbonyl (C=O) groups is 1. The Bertz CT molecular complexity index is 580. The summed E-state index contributed by atoms with van der Waals surface area (Å²) in [6.07, 6.45) is 1.45. The van der Waals surface area contributed by atoms with Crippen LogP contribution in [0.5, 0.6) is 0 Å². The van der Waals surface area contributed by atoms with Gasteiger partial charge >= 0.3 is 0 Å². The third kappa shape index (κ3) is 2.00. The SMILES string of the molecule is CCN(CC#N)C(=O)c1coc2ccccc12. The highest BCUT2D eigenvalue weighted by molar-refractivity contribution is 6.05. The molecule has 0 fully saturated rings. The maximum absolute atomic E-state index is 12.2. The van der Waals surface area contributed by atoms with Gasteiger partial charge in [0.1, 0.15) is 18.4 Å². The van der Waals surface area contributed by atoms with Crippen LogP contribution in [0.4, 0.5) is 0 Å². The summed E-state index contributed by atoms with van der Waals surface area (Å²) in [6, 6.07) is 9.35. The summed E-state index contributed by atoms with van der Waals surface area (Å²) in [7, 11) is 0. The van der Waals surface area contributed by atoms with Gasteiger partial charge in [-0.3, -0.25) is 4.79 Å². The maximum Gasteiger partial charge on any atom is 0.258 e. The number of fused-ring (bicyclic) bond motifs is 1. The Morgan fingerprint density at radius 2 is 2.24 bits per heavy atom. The Labute approximate surface area is 99.0 Å². The molecule has 1 aromatic carbocycles. The van der Waals surface area contributed by atoms with Crippen molar-refractivity contribution in [2.24, 2.45) is 0 Å². The van der Waals surface area contributed by atoms with Crippen LogP contribution >= 0.6 is 0 Å². The topological polar surface area (TPSA) is 57.2 Å². The molecule has 2 aromatic rings. The molecule has 0 saturated heterocycles. The van der Waals surface area contributed by atoms with E-state index in [0.29, 0.717) is 17.7 Å². The van der Waals surface area contributed by atoms with Crippen LogP contribution in [0, 0.1) is 11.3 Å². The third-order valence-electron chi connectivity index (χ3n) is 2.64. The molecule has 2 rings (SSSR count). The highest BCUT2D eigenvalue weighted by atomic mass is 16.3. The van der Waals surface area contributed by atoms with E-state index in [1.807, 2.05) is 37.3 Å². The van der Waals surface area contributed by atoms with Crippen LogP contribution in [0.1, 0.15) is 17.3 Å². The predicted molar refractivity (Wildman–Crippen MR) is 63.4 cm³/mol. The lowest BCUT2D eigenvalue weighted by Gasteiger charge is -2.15. The zero-order valence-electron chi connectivity index (χ0n) is 9.51. The van der Waals surface area contributed by atoms with E-state index in [4.69, 9.17) is 9.68 Å². The van der Waals surface area contributed by atoms with E-state index in [1.165, 1.54) is 11.2 Å². The molecule has 0 bridgehead atoms. The van der Waals surface area contributed by atoms with Crippen LogP contribution in [0.15, 0.2) is 34.9 Å². The first-order valence-corrected chi connectivity index (χ1v) is 5.40. The van der Waals surface area contributed by atoms with Gasteiger partial charge in [0, 0.05) is 11.9 Å². The second kappa shape index (κ2) is 4.71. The van der Waals surface area contributed by atoms with Gasteiger partial charge in [0.2, 0.25) is 0 Å². The molecule has 1 heterocycles. The molecule has 0 aliphatic heterocycles. The van der Waals surface area contributed by atoms with E-state index >= 15 is 0 Å². The Hall–Kier alpha value is -2.28. The number of nitriles is 1. The summed E-state index contributed by atoms with van der Waals surface area (Å²) in [4.78, 5) is 13.6. The quantitative estimate of drug-likeness (QED) is 0.758. The zero-order chi connectivity index (χ0) is 12.3. The molecule has 17 heavy (non-hydrogen) atoms. The minimum Gasteiger partial charge on any atom is -0.463 e. The molecule has 0 N–H and O–H groups in total. The summed E-state index contributed by atoms with van der Waals surface area (Å²) >= 11 is 0. The van der Waals surface area contributed by atoms with Gasteiger partial charge in [-0.25, -0.2) is 0 Å². The molecule has 0 aliphatic rings. The van der Waals surface area contributed by atoms with E-state index in [0.717, 1.165) is 5.39 Å². The second-order valence-electron chi connectivity index (χ2n) is 3.62. The van der Waals surface area contributed by atoms with Crippen LogP contribution in [-0.4, -0.2) is 23.9 Å². The van der Waals surface area contributed by atoms with Gasteiger partial charge in [0.05, 0.1) is 11.6 Å². The average molecular weight is 228 g/mol. The molecular formula is C13H12N2O2. The summed E-state index contributed by atoms with van der Waals surface area (Å²) in [5, 5.41) is 9.45. The van der Waals surface area contributed by atoms with Crippen LogP contribution < -0.4 is 0 Å². The Morgan fingerprint density at radius 3 is 2.94 bits per heavy atom. The van der Waals surface area contributed by atoms with Gasteiger partial charge in [-0.2, -0.15) is 5.26 Å². The number of hydrogen-bond donors (Lipinski definition) is 0. The number of amides is 1. The number of furan rings is 1. The Balaban J connectivity index is 2.40. The van der Waals surface area contributed by atoms with E-state index < -0.39 is 0 Å². The summed E-state index contributed by atoms with van der Waals surface area (Å²) in [5.41, 5.74) is 1.20. The highest BCUT2D eigenvalue weighted by Crippen LogP contribution is 2.21. The first-order chi connectivity index (χ1) is 8.27. The molecule has 1 amide bonds. The van der Waals surface area contributed by atoms with Crippen molar-refractivity contribution < 1.29 is 9.21 Å². The fourth-order valence-corrected chi connectivity index (χ4v) is 1.73. The smallest absolute Gasteiger partial charge is 0.258 e. The third-order valence-corrected chi connectivity index (χ3v) is 2.64. The van der Waals surface area contributed by atoms with Crippen molar-refractivity contribution in [1.82, 2.24) is 4.90 Å². The average Bonchev–Trinajstić information content (AvgIpc) is 2.79. The molecule has 0 saturated carbocycles. The van der Waals surface area contributed by atoms with E-state index in [1.54, 1.807) is 0 Å². The molecule has 0 unspecified atom stereocenters. The Morgan fingerprint density at radius 1 is 1.47 bits per heavy atom. The summed E-state index contributed by atoms with van der Waals surface area (Å²) < 4.78 is 5.31. The maximum atomic E-state index is 12.2. The molecule has 0 spiro atoms. The lowest BCUT2D eigenvalue weighted by Crippen LogP contribution is -2.30. The summed E-state index contributed by atoms with van der Waals surface area (Å²) in [5.74, 6) is -0.168. The normalized spacial score (nSPS) is 10.1. The van der Waals surface area contributed by atoms with Crippen LogP contribution in [-0.2, 0) is 0 Å². The minimum absolute atomic E-state index is 0.0921. The molecule has 0 atom stereocenters. The number of para-hydroxylation sites is 1. The fraction of sp³-hybridized carbons (Fsp3) is 0.231. The van der Waals surface area contributed by atoms with Gasteiger partial charge in [-0.05, 0) is 13.0 Å². The number of benzene rings is 1. The number of carbonyl (C=O) groups excluding carboxylic acids is 1. The van der Waals surface area contributed by atoms with Crippen molar-refractivity contribution in [2.45, 2.75) is 6.92 Å². The van der Waals surface area contributed by atoms with Crippen molar-refractivity contribution >= 4 is 16.9 Å². The molecule has 0 radical (unpaired) electrons. The Kier molecular flexibility index (Phi) is 3.10. The van der Waals surface area contributed by atoms with Gasteiger partial charge in [-0.15, -0.1) is 0 Å². The lowest BCUT2D eigenvalue weighted by atomic mass is 10.1. The van der Waals surface area contributed by atoms with E-state index in [9.17, 15) is 4.79 Å². The molecule has 4 nitrogen and oxygen atoms in total. The largest absolute Gasteiger partial charge is 0.463 e. The molecule has 4 heteroatoms. The van der Waals surface area contributed by atoms with Crippen molar-refractivity contribution in [3.63, 3.8) is 0 Å². The van der Waals surface area contributed by atoms with Crippen LogP contribution in [0.25, 0.3) is 11.0 Å². The number of nitrogens with zero attached hydrogens (tertiary/aromatic N) is 2. The number of hydrogen-bond acceptors (Lipinski definition) is 3. The van der Waals surface area contributed by atoms with Gasteiger partial charge in [-0.1, -0.05) is 18.2 Å². The van der Waals surface area contributed by atoms with Crippen LogP contribution in [0.2, 0.25) is 0 Å². The highest BCUT2D eigenvalue weighted by Gasteiger charge is 2.18. The fourth-order valence-electron chi connectivity index (χ4n) is 1.73. The van der Waals surface area contributed by atoms with Gasteiger partial charge < -0.3 is 9.32 Å². The lowest BCUT2D eigenvalue weighted by molar-refractivity contribution is 0.0785. The minimum atomic E-state index is -0.168.